The van der Waals surface area contributed by atoms with Crippen molar-refractivity contribution in [3.8, 4) is 0 Å². The summed E-state index contributed by atoms with van der Waals surface area (Å²) in [4.78, 5) is 50.7. The largest absolute Gasteiger partial charge is 0.481 e. The van der Waals surface area contributed by atoms with Gasteiger partial charge >= 0.3 is 5.97 Å². The molecule has 8 rings (SSSR count). The van der Waals surface area contributed by atoms with Crippen LogP contribution in [0.4, 0.5) is 0 Å². The Morgan fingerprint density at radius 1 is 0.784 bits per heavy atom. The van der Waals surface area contributed by atoms with Crippen molar-refractivity contribution in [3.63, 3.8) is 0 Å². The highest BCUT2D eigenvalue weighted by Crippen LogP contribution is 2.72. The molecule has 1 amide bonds. The van der Waals surface area contributed by atoms with E-state index in [-0.39, 0.29) is 45.2 Å². The lowest BCUT2D eigenvalue weighted by atomic mass is 9.60. The van der Waals surface area contributed by atoms with E-state index in [9.17, 15) is 24.3 Å². The molecule has 6 aliphatic carbocycles. The van der Waals surface area contributed by atoms with Crippen LogP contribution in [-0.4, -0.2) is 41.6 Å². The summed E-state index contributed by atoms with van der Waals surface area (Å²) in [6.45, 7) is 18.2. The van der Waals surface area contributed by atoms with Crippen LogP contribution in [0.3, 0.4) is 0 Å². The molecule has 0 saturated heterocycles. The van der Waals surface area contributed by atoms with Crippen LogP contribution in [0.15, 0.2) is 36.4 Å². The number of fused-ring (bicyclic) bond motifs is 6. The third-order valence-corrected chi connectivity index (χ3v) is 14.0. The number of carboxylic acid groups (broad SMARTS) is 1. The summed E-state index contributed by atoms with van der Waals surface area (Å²) in [7, 11) is 0. The van der Waals surface area contributed by atoms with Gasteiger partial charge in [-0.3, -0.25) is 19.2 Å². The highest BCUT2D eigenvalue weighted by atomic mass is 16.4. The van der Waals surface area contributed by atoms with Crippen molar-refractivity contribution in [2.45, 2.75) is 130 Å². The van der Waals surface area contributed by atoms with E-state index in [4.69, 9.17) is 5.73 Å². The molecule has 2 aromatic rings. The molecule has 0 heterocycles. The Kier molecular flexibility index (Phi) is 9.74. The van der Waals surface area contributed by atoms with Gasteiger partial charge in [0.15, 0.2) is 0 Å². The van der Waals surface area contributed by atoms with E-state index in [0.717, 1.165) is 56.2 Å². The number of rotatable bonds is 5. The summed E-state index contributed by atoms with van der Waals surface area (Å²) in [6, 6.07) is 12.5. The number of benzene rings is 2. The van der Waals surface area contributed by atoms with Crippen LogP contribution >= 0.6 is 0 Å². The summed E-state index contributed by atoms with van der Waals surface area (Å²) in [5.41, 5.74) is 11.1. The van der Waals surface area contributed by atoms with Gasteiger partial charge in [-0.2, -0.15) is 0 Å². The molecule has 0 unspecified atom stereocenters. The first kappa shape index (κ1) is 37.4. The maximum absolute atomic E-state index is 13.3. The van der Waals surface area contributed by atoms with Crippen molar-refractivity contribution < 1.29 is 24.3 Å². The van der Waals surface area contributed by atoms with Gasteiger partial charge in [0.1, 0.15) is 11.6 Å². The number of hydrogen-bond donors (Lipinski definition) is 3. The molecule has 4 saturated carbocycles. The minimum Gasteiger partial charge on any atom is -0.481 e. The third-order valence-electron chi connectivity index (χ3n) is 14.0. The Hall–Kier alpha value is -3.32. The Labute approximate surface area is 304 Å². The van der Waals surface area contributed by atoms with Crippen LogP contribution in [0, 0.1) is 47.3 Å². The summed E-state index contributed by atoms with van der Waals surface area (Å²) in [5, 5.41) is 13.1. The summed E-state index contributed by atoms with van der Waals surface area (Å²) in [6.07, 6.45) is 6.48. The number of aliphatic carboxylic acids is 1. The zero-order valence-electron chi connectivity index (χ0n) is 32.2. The lowest BCUT2D eigenvalue weighted by molar-refractivity contribution is -0.142. The number of carboxylic acids is 1. The highest BCUT2D eigenvalue weighted by Gasteiger charge is 2.68. The van der Waals surface area contributed by atoms with E-state index in [0.29, 0.717) is 42.9 Å². The van der Waals surface area contributed by atoms with Gasteiger partial charge in [-0.1, -0.05) is 77.9 Å². The van der Waals surface area contributed by atoms with E-state index >= 15 is 0 Å². The molecule has 6 aliphatic rings. The van der Waals surface area contributed by atoms with Crippen LogP contribution in [-0.2, 0) is 19.2 Å². The molecule has 0 aliphatic heterocycles. The maximum Gasteiger partial charge on any atom is 0.311 e. The van der Waals surface area contributed by atoms with Gasteiger partial charge in [0.2, 0.25) is 5.91 Å². The second kappa shape index (κ2) is 13.3. The van der Waals surface area contributed by atoms with Crippen molar-refractivity contribution in [2.75, 3.05) is 13.1 Å². The number of Topliss-reactive ketones (excluding diaryl/α,β-unsaturated/α-hetero) is 2. The molecule has 0 radical (unpaired) electrons. The number of carbonyl (C=O) groups excluding carboxylic acids is 3. The Bertz CT molecular complexity index is 1750. The predicted molar refractivity (Wildman–Crippen MR) is 201 cm³/mol. The second-order valence-electron chi connectivity index (χ2n) is 18.5. The molecule has 8 atom stereocenters. The molecule has 0 aromatic heterocycles. The first-order valence-electron chi connectivity index (χ1n) is 19.4. The monoisotopic (exact) mass is 696 g/mol. The van der Waals surface area contributed by atoms with E-state index < -0.39 is 11.9 Å². The number of nitrogens with one attached hydrogen (secondary N) is 1. The first-order valence-corrected chi connectivity index (χ1v) is 19.4. The van der Waals surface area contributed by atoms with E-state index in [1.807, 2.05) is 26.0 Å². The lowest BCUT2D eigenvalue weighted by Gasteiger charge is -2.42. The molecule has 4 N–H and O–H groups in total. The Morgan fingerprint density at radius 2 is 1.22 bits per heavy atom. The number of nitrogens with two attached hydrogens (primary N) is 1. The number of carbonyl (C=O) groups is 4. The molecule has 51 heavy (non-hydrogen) atoms. The lowest BCUT2D eigenvalue weighted by Crippen LogP contribution is -2.41. The number of amides is 1. The normalized spacial score (nSPS) is 34.9. The molecule has 276 valence electrons. The molecule has 4 fully saturated rings. The maximum atomic E-state index is 13.3. The molecule has 4 bridgehead atoms. The van der Waals surface area contributed by atoms with Crippen LogP contribution < -0.4 is 11.1 Å². The SMILES string of the molecule is CC(C)CN.Cc1cccc2c1[C@H](C(=O)NCC(C)C)[C@@]13CC(=O)[C@@](C)(CC[C@@H]21)C3.Cc1cccc2c1[C@H](C(=O)O)[C@@]13CC(=O)[C@@](C)(CC[C@@H]21)C3. The first-order chi connectivity index (χ1) is 23.9. The van der Waals surface area contributed by atoms with Crippen LogP contribution in [0.25, 0.3) is 0 Å². The van der Waals surface area contributed by atoms with E-state index in [2.05, 4.69) is 71.1 Å². The Morgan fingerprint density at radius 3 is 1.63 bits per heavy atom. The molecule has 2 aromatic carbocycles. The van der Waals surface area contributed by atoms with Gasteiger partial charge in [0, 0.05) is 41.0 Å². The fourth-order valence-corrected chi connectivity index (χ4v) is 11.5. The molecular formula is C44H60N2O5. The van der Waals surface area contributed by atoms with E-state index in [1.54, 1.807) is 0 Å². The van der Waals surface area contributed by atoms with Crippen LogP contribution in [0.2, 0.25) is 0 Å². The molecule has 7 nitrogen and oxygen atoms in total. The smallest absolute Gasteiger partial charge is 0.311 e. The predicted octanol–water partition coefficient (Wildman–Crippen LogP) is 8.11. The number of ketones is 2. The van der Waals surface area contributed by atoms with Crippen molar-refractivity contribution in [1.82, 2.24) is 5.32 Å². The fourth-order valence-electron chi connectivity index (χ4n) is 11.5. The average Bonchev–Trinajstić information content (AvgIpc) is 3.65. The average molecular weight is 697 g/mol. The van der Waals surface area contributed by atoms with Crippen molar-refractivity contribution in [3.05, 3.63) is 69.8 Å². The minimum atomic E-state index is -0.757. The number of hydrogen-bond acceptors (Lipinski definition) is 5. The fraction of sp³-hybridized carbons (Fsp3) is 0.636. The highest BCUT2D eigenvalue weighted by molar-refractivity contribution is 5.94. The number of aryl methyl sites for hydroxylation is 2. The van der Waals surface area contributed by atoms with Gasteiger partial charge in [0.05, 0.1) is 11.8 Å². The van der Waals surface area contributed by atoms with Crippen molar-refractivity contribution >= 4 is 23.4 Å². The molecular weight excluding hydrogens is 636 g/mol. The topological polar surface area (TPSA) is 127 Å². The third kappa shape index (κ3) is 5.90. The molecule has 2 spiro atoms. The zero-order chi connectivity index (χ0) is 37.3. The van der Waals surface area contributed by atoms with Gasteiger partial charge in [-0.05, 0) is 116 Å². The summed E-state index contributed by atoms with van der Waals surface area (Å²) < 4.78 is 0. The Balaban J connectivity index is 0.000000157. The second-order valence-corrected chi connectivity index (χ2v) is 18.5. The standard InChI is InChI=1S/C22H29NO2.C18H20O3.C4H11N/c1-13(2)11-23-20(25)19-18-14(3)6-5-7-15(18)16-8-9-21(4)12-22(16,19)10-17(21)24;1-10-4-3-5-11-12-6-7-17(2)9-18(12,8-13(17)19)15(14(10)11)16(20)21;1-4(2)3-5/h5-7,13,16,19H,8-12H2,1-4H3,(H,23,25);3-5,12,15H,6-9H2,1-2H3,(H,20,21);4H,3,5H2,1-2H3/t16-,19+,21-,22+;12-,15+,17-,18+;/m00./s1. The van der Waals surface area contributed by atoms with Crippen LogP contribution in [0.1, 0.15) is 150 Å². The van der Waals surface area contributed by atoms with Crippen LogP contribution in [0.5, 0.6) is 0 Å². The van der Waals surface area contributed by atoms with Gasteiger partial charge in [0.25, 0.3) is 0 Å². The van der Waals surface area contributed by atoms with E-state index in [1.165, 1.54) is 22.3 Å². The molecule has 7 heteroatoms. The minimum absolute atomic E-state index is 0.130. The quantitative estimate of drug-likeness (QED) is 0.290. The van der Waals surface area contributed by atoms with Crippen molar-refractivity contribution in [1.29, 1.82) is 0 Å². The summed E-state index contributed by atoms with van der Waals surface area (Å²) >= 11 is 0. The zero-order valence-corrected chi connectivity index (χ0v) is 32.2. The van der Waals surface area contributed by atoms with Crippen molar-refractivity contribution in [2.24, 2.45) is 39.2 Å². The van der Waals surface area contributed by atoms with Gasteiger partial charge < -0.3 is 16.2 Å². The van der Waals surface area contributed by atoms with Gasteiger partial charge in [-0.15, -0.1) is 0 Å². The van der Waals surface area contributed by atoms with Gasteiger partial charge in [-0.25, -0.2) is 0 Å². The summed E-state index contributed by atoms with van der Waals surface area (Å²) in [5.74, 6) is 1.04.